The summed E-state index contributed by atoms with van der Waals surface area (Å²) in [4.78, 5) is 4.32. The maximum atomic E-state index is 13.8. The van der Waals surface area contributed by atoms with Crippen LogP contribution >= 0.6 is 0 Å². The predicted octanol–water partition coefficient (Wildman–Crippen LogP) is 3.86. The molecular weight excluding hydrogens is 248 g/mol. The largest absolute Gasteiger partial charge is 0.323 e. The molecular formula is C14H15F2N3. The SMILES string of the molecule is Cc1cn(C2CC2)c(Nc2cc(F)c(C)cc2F)n1. The van der Waals surface area contributed by atoms with Crippen LogP contribution in [0.3, 0.4) is 0 Å². The molecule has 1 heterocycles. The van der Waals surface area contributed by atoms with Crippen LogP contribution in [0.1, 0.15) is 30.1 Å². The molecule has 0 radical (unpaired) electrons. The monoisotopic (exact) mass is 263 g/mol. The number of nitrogens with zero attached hydrogens (tertiary/aromatic N) is 2. The molecule has 0 amide bonds. The average molecular weight is 263 g/mol. The molecule has 0 unspecified atom stereocenters. The van der Waals surface area contributed by atoms with Crippen LogP contribution in [0.2, 0.25) is 0 Å². The highest BCUT2D eigenvalue weighted by molar-refractivity contribution is 5.56. The van der Waals surface area contributed by atoms with E-state index in [0.29, 0.717) is 17.6 Å². The Hall–Kier alpha value is -1.91. The van der Waals surface area contributed by atoms with Gasteiger partial charge in [-0.3, -0.25) is 0 Å². The summed E-state index contributed by atoms with van der Waals surface area (Å²) in [7, 11) is 0. The van der Waals surface area contributed by atoms with Crippen LogP contribution in [-0.4, -0.2) is 9.55 Å². The highest BCUT2D eigenvalue weighted by atomic mass is 19.1. The quantitative estimate of drug-likeness (QED) is 0.911. The molecule has 1 saturated carbocycles. The minimum Gasteiger partial charge on any atom is -0.323 e. The molecule has 1 N–H and O–H groups in total. The number of anilines is 2. The highest BCUT2D eigenvalue weighted by Crippen LogP contribution is 2.38. The van der Waals surface area contributed by atoms with E-state index in [1.807, 2.05) is 17.7 Å². The number of rotatable bonds is 3. The summed E-state index contributed by atoms with van der Waals surface area (Å²) in [6.07, 6.45) is 4.15. The van der Waals surface area contributed by atoms with Crippen LogP contribution in [0, 0.1) is 25.5 Å². The number of hydrogen-bond donors (Lipinski definition) is 1. The van der Waals surface area contributed by atoms with Gasteiger partial charge in [-0.1, -0.05) is 0 Å². The maximum absolute atomic E-state index is 13.8. The maximum Gasteiger partial charge on any atom is 0.207 e. The van der Waals surface area contributed by atoms with Crippen molar-refractivity contribution in [2.45, 2.75) is 32.7 Å². The number of nitrogens with one attached hydrogen (secondary N) is 1. The average Bonchev–Trinajstić information content (AvgIpc) is 3.11. The highest BCUT2D eigenvalue weighted by Gasteiger charge is 2.26. The molecule has 5 heteroatoms. The Morgan fingerprint density at radius 3 is 2.63 bits per heavy atom. The van der Waals surface area contributed by atoms with Crippen LogP contribution in [0.4, 0.5) is 20.4 Å². The van der Waals surface area contributed by atoms with Crippen molar-refractivity contribution in [2.75, 3.05) is 5.32 Å². The van der Waals surface area contributed by atoms with E-state index < -0.39 is 11.6 Å². The van der Waals surface area contributed by atoms with Crippen LogP contribution in [0.5, 0.6) is 0 Å². The van der Waals surface area contributed by atoms with Crippen molar-refractivity contribution >= 4 is 11.6 Å². The van der Waals surface area contributed by atoms with Crippen LogP contribution in [0.15, 0.2) is 18.3 Å². The second-order valence-electron chi connectivity index (χ2n) is 5.05. The molecule has 0 aliphatic heterocycles. The first-order valence-electron chi connectivity index (χ1n) is 6.33. The van der Waals surface area contributed by atoms with E-state index in [1.165, 1.54) is 19.1 Å². The molecule has 1 fully saturated rings. The molecule has 0 spiro atoms. The second kappa shape index (κ2) is 4.33. The second-order valence-corrected chi connectivity index (χ2v) is 5.05. The summed E-state index contributed by atoms with van der Waals surface area (Å²) in [6, 6.07) is 2.79. The zero-order chi connectivity index (χ0) is 13.6. The van der Waals surface area contributed by atoms with Gasteiger partial charge in [-0.05, 0) is 38.3 Å². The topological polar surface area (TPSA) is 29.9 Å². The molecule has 2 aromatic rings. The number of imidazole rings is 1. The van der Waals surface area contributed by atoms with E-state index in [9.17, 15) is 8.78 Å². The lowest BCUT2D eigenvalue weighted by atomic mass is 10.2. The molecule has 0 saturated heterocycles. The van der Waals surface area contributed by atoms with Crippen molar-refractivity contribution in [1.82, 2.24) is 9.55 Å². The van der Waals surface area contributed by atoms with Gasteiger partial charge in [0, 0.05) is 18.3 Å². The summed E-state index contributed by atoms with van der Waals surface area (Å²) in [5, 5.41) is 2.89. The van der Waals surface area contributed by atoms with Crippen molar-refractivity contribution in [3.05, 3.63) is 41.2 Å². The van der Waals surface area contributed by atoms with E-state index in [0.717, 1.165) is 18.5 Å². The fraction of sp³-hybridized carbons (Fsp3) is 0.357. The Bertz CT molecular complexity index is 630. The fourth-order valence-corrected chi connectivity index (χ4v) is 2.10. The molecule has 3 rings (SSSR count). The minimum atomic E-state index is -0.470. The third kappa shape index (κ3) is 2.32. The number of benzene rings is 1. The van der Waals surface area contributed by atoms with E-state index in [4.69, 9.17) is 0 Å². The fourth-order valence-electron chi connectivity index (χ4n) is 2.10. The van der Waals surface area contributed by atoms with Gasteiger partial charge in [0.1, 0.15) is 11.6 Å². The van der Waals surface area contributed by atoms with Crippen molar-refractivity contribution < 1.29 is 8.78 Å². The summed E-state index contributed by atoms with van der Waals surface area (Å²) < 4.78 is 29.3. The molecule has 1 aromatic heterocycles. The molecule has 19 heavy (non-hydrogen) atoms. The van der Waals surface area contributed by atoms with Gasteiger partial charge >= 0.3 is 0 Å². The number of aromatic nitrogens is 2. The normalized spacial score (nSPS) is 14.7. The summed E-state index contributed by atoms with van der Waals surface area (Å²) in [6.45, 7) is 3.42. The van der Waals surface area contributed by atoms with Gasteiger partial charge in [0.25, 0.3) is 0 Å². The zero-order valence-corrected chi connectivity index (χ0v) is 10.9. The van der Waals surface area contributed by atoms with Gasteiger partial charge in [0.2, 0.25) is 5.95 Å². The summed E-state index contributed by atoms with van der Waals surface area (Å²) in [5.41, 5.74) is 1.28. The van der Waals surface area contributed by atoms with E-state index >= 15 is 0 Å². The minimum absolute atomic E-state index is 0.121. The van der Waals surface area contributed by atoms with Gasteiger partial charge < -0.3 is 9.88 Å². The third-order valence-electron chi connectivity index (χ3n) is 3.29. The summed E-state index contributed by atoms with van der Waals surface area (Å²) in [5.74, 6) is -0.325. The first-order valence-corrected chi connectivity index (χ1v) is 6.33. The molecule has 100 valence electrons. The van der Waals surface area contributed by atoms with Gasteiger partial charge in [0.05, 0.1) is 11.4 Å². The van der Waals surface area contributed by atoms with E-state index in [-0.39, 0.29) is 5.69 Å². The standard InChI is InChI=1S/C14H15F2N3/c1-8-5-12(16)13(6-11(8)15)18-14-17-9(2)7-19(14)10-3-4-10/h5-7,10H,3-4H2,1-2H3,(H,17,18). The molecule has 1 aliphatic carbocycles. The number of hydrogen-bond acceptors (Lipinski definition) is 2. The zero-order valence-electron chi connectivity index (χ0n) is 10.9. The van der Waals surface area contributed by atoms with Crippen molar-refractivity contribution in [1.29, 1.82) is 0 Å². The van der Waals surface area contributed by atoms with Crippen LogP contribution < -0.4 is 5.32 Å². The van der Waals surface area contributed by atoms with Crippen molar-refractivity contribution in [2.24, 2.45) is 0 Å². The first-order chi connectivity index (χ1) is 9.04. The lowest BCUT2D eigenvalue weighted by molar-refractivity contribution is 0.595. The third-order valence-corrected chi connectivity index (χ3v) is 3.29. The van der Waals surface area contributed by atoms with Crippen LogP contribution in [0.25, 0.3) is 0 Å². The van der Waals surface area contributed by atoms with Crippen LogP contribution in [-0.2, 0) is 0 Å². The van der Waals surface area contributed by atoms with Gasteiger partial charge in [-0.25, -0.2) is 13.8 Å². The Morgan fingerprint density at radius 2 is 1.95 bits per heavy atom. The molecule has 3 nitrogen and oxygen atoms in total. The Kier molecular flexibility index (Phi) is 2.77. The lowest BCUT2D eigenvalue weighted by Gasteiger charge is -2.10. The number of aryl methyl sites for hydroxylation is 2. The van der Waals surface area contributed by atoms with Gasteiger partial charge in [-0.15, -0.1) is 0 Å². The van der Waals surface area contributed by atoms with E-state index in [1.54, 1.807) is 0 Å². The molecule has 0 bridgehead atoms. The van der Waals surface area contributed by atoms with Crippen molar-refractivity contribution in [3.8, 4) is 0 Å². The number of halogens is 2. The van der Waals surface area contributed by atoms with Crippen molar-refractivity contribution in [3.63, 3.8) is 0 Å². The Labute approximate surface area is 110 Å². The van der Waals surface area contributed by atoms with Gasteiger partial charge in [-0.2, -0.15) is 0 Å². The summed E-state index contributed by atoms with van der Waals surface area (Å²) >= 11 is 0. The Balaban J connectivity index is 1.95. The first kappa shape index (κ1) is 12.1. The molecule has 0 atom stereocenters. The lowest BCUT2D eigenvalue weighted by Crippen LogP contribution is -2.03. The molecule has 1 aromatic carbocycles. The van der Waals surface area contributed by atoms with Gasteiger partial charge in [0.15, 0.2) is 0 Å². The predicted molar refractivity (Wildman–Crippen MR) is 69.6 cm³/mol. The smallest absolute Gasteiger partial charge is 0.207 e. The van der Waals surface area contributed by atoms with E-state index in [2.05, 4.69) is 10.3 Å². The Morgan fingerprint density at radius 1 is 1.21 bits per heavy atom. The molecule has 1 aliphatic rings.